The first-order valence-electron chi connectivity index (χ1n) is 8.04. The van der Waals surface area contributed by atoms with Crippen molar-refractivity contribution >= 4 is 5.91 Å². The predicted molar refractivity (Wildman–Crippen MR) is 85.8 cm³/mol. The SMILES string of the molecule is Cc1coc(Oc2ccc(C(=O)NC3CN4CC[C@H]3C4)cc2)c1. The molecule has 2 unspecified atom stereocenters. The van der Waals surface area contributed by atoms with Gasteiger partial charge in [-0.3, -0.25) is 4.79 Å². The highest BCUT2D eigenvalue weighted by Crippen LogP contribution is 2.28. The second-order valence-corrected chi connectivity index (χ2v) is 6.46. The lowest BCUT2D eigenvalue weighted by molar-refractivity contribution is 0.0924. The third kappa shape index (κ3) is 2.97. The second-order valence-electron chi connectivity index (χ2n) is 6.46. The fraction of sp³-hybridized carbons (Fsp3) is 0.389. The molecule has 1 aromatic heterocycles. The third-order valence-corrected chi connectivity index (χ3v) is 4.69. The molecule has 2 bridgehead atoms. The number of fused-ring (bicyclic) bond motifs is 2. The molecule has 1 amide bonds. The van der Waals surface area contributed by atoms with Gasteiger partial charge in [0.2, 0.25) is 0 Å². The molecule has 2 saturated heterocycles. The largest absolute Gasteiger partial charge is 0.434 e. The lowest BCUT2D eigenvalue weighted by Gasteiger charge is -2.23. The average Bonchev–Trinajstić information content (AvgIpc) is 3.25. The van der Waals surface area contributed by atoms with Gasteiger partial charge in [0.05, 0.1) is 6.26 Å². The van der Waals surface area contributed by atoms with Crippen LogP contribution in [-0.4, -0.2) is 36.5 Å². The molecule has 3 heterocycles. The van der Waals surface area contributed by atoms with Gasteiger partial charge in [0.1, 0.15) is 5.75 Å². The number of hydrogen-bond donors (Lipinski definition) is 1. The van der Waals surface area contributed by atoms with Gasteiger partial charge in [-0.05, 0) is 55.6 Å². The summed E-state index contributed by atoms with van der Waals surface area (Å²) in [4.78, 5) is 14.8. The summed E-state index contributed by atoms with van der Waals surface area (Å²) < 4.78 is 10.9. The molecule has 23 heavy (non-hydrogen) atoms. The molecule has 1 aromatic carbocycles. The Morgan fingerprint density at radius 3 is 2.74 bits per heavy atom. The molecule has 2 aliphatic heterocycles. The van der Waals surface area contributed by atoms with Crippen LogP contribution in [0.15, 0.2) is 41.0 Å². The lowest BCUT2D eigenvalue weighted by atomic mass is 9.99. The Hall–Kier alpha value is -2.27. The molecule has 2 fully saturated rings. The summed E-state index contributed by atoms with van der Waals surface area (Å²) in [5.41, 5.74) is 1.67. The van der Waals surface area contributed by atoms with Gasteiger partial charge in [-0.1, -0.05) is 0 Å². The maximum atomic E-state index is 12.4. The number of aryl methyl sites for hydroxylation is 1. The van der Waals surface area contributed by atoms with E-state index in [1.807, 2.05) is 13.0 Å². The molecule has 3 atom stereocenters. The summed E-state index contributed by atoms with van der Waals surface area (Å²) in [6.45, 7) is 5.22. The number of nitrogens with zero attached hydrogens (tertiary/aromatic N) is 1. The van der Waals surface area contributed by atoms with Crippen LogP contribution in [-0.2, 0) is 0 Å². The van der Waals surface area contributed by atoms with Crippen LogP contribution in [0.25, 0.3) is 0 Å². The third-order valence-electron chi connectivity index (χ3n) is 4.69. The minimum Gasteiger partial charge on any atom is -0.434 e. The number of furan rings is 1. The molecule has 0 saturated carbocycles. The standard InChI is InChI=1S/C18H20N2O3/c1-12-8-17(22-11-12)23-15-4-2-13(3-5-15)18(21)19-16-10-20-7-6-14(16)9-20/h2-5,8,11,14,16H,6-7,9-10H2,1H3,(H,19,21)/t14-,16?/m0/s1. The van der Waals surface area contributed by atoms with E-state index in [1.165, 1.54) is 13.0 Å². The Bertz CT molecular complexity index is 707. The van der Waals surface area contributed by atoms with Crippen molar-refractivity contribution < 1.29 is 13.9 Å². The van der Waals surface area contributed by atoms with Gasteiger partial charge in [0.15, 0.2) is 0 Å². The summed E-state index contributed by atoms with van der Waals surface area (Å²) in [6, 6.07) is 9.26. The van der Waals surface area contributed by atoms with Crippen LogP contribution in [0.4, 0.5) is 0 Å². The van der Waals surface area contributed by atoms with Crippen molar-refractivity contribution in [2.75, 3.05) is 19.6 Å². The molecular weight excluding hydrogens is 292 g/mol. The number of benzene rings is 1. The van der Waals surface area contributed by atoms with Crippen molar-refractivity contribution in [3.8, 4) is 11.7 Å². The lowest BCUT2D eigenvalue weighted by Crippen LogP contribution is -2.43. The van der Waals surface area contributed by atoms with E-state index in [2.05, 4.69) is 10.2 Å². The number of ether oxygens (including phenoxy) is 1. The number of rotatable bonds is 4. The highest BCUT2D eigenvalue weighted by Gasteiger charge is 2.38. The Labute approximate surface area is 135 Å². The Morgan fingerprint density at radius 1 is 1.30 bits per heavy atom. The molecule has 1 N–H and O–H groups in total. The molecule has 2 aliphatic rings. The number of nitrogens with one attached hydrogen (secondary N) is 1. The van der Waals surface area contributed by atoms with Crippen molar-refractivity contribution in [1.82, 2.24) is 10.2 Å². The van der Waals surface area contributed by atoms with E-state index in [0.29, 0.717) is 29.2 Å². The van der Waals surface area contributed by atoms with Crippen molar-refractivity contribution in [2.24, 2.45) is 5.92 Å². The van der Waals surface area contributed by atoms with Crippen LogP contribution in [0.2, 0.25) is 0 Å². The van der Waals surface area contributed by atoms with Crippen molar-refractivity contribution in [2.45, 2.75) is 19.4 Å². The summed E-state index contributed by atoms with van der Waals surface area (Å²) in [5.74, 6) is 1.71. The molecule has 0 radical (unpaired) electrons. The molecule has 5 nitrogen and oxygen atoms in total. The molecule has 4 rings (SSSR count). The summed E-state index contributed by atoms with van der Waals surface area (Å²) >= 11 is 0. The zero-order valence-corrected chi connectivity index (χ0v) is 13.1. The van der Waals surface area contributed by atoms with Crippen molar-refractivity contribution in [1.29, 1.82) is 0 Å². The number of carbonyl (C=O) groups is 1. The van der Waals surface area contributed by atoms with E-state index in [-0.39, 0.29) is 5.91 Å². The van der Waals surface area contributed by atoms with E-state index in [4.69, 9.17) is 9.15 Å². The fourth-order valence-electron chi connectivity index (χ4n) is 3.45. The summed E-state index contributed by atoms with van der Waals surface area (Å²) in [6.07, 6.45) is 2.84. The first-order valence-corrected chi connectivity index (χ1v) is 8.04. The van der Waals surface area contributed by atoms with Gasteiger partial charge in [-0.25, -0.2) is 0 Å². The molecule has 0 spiro atoms. The number of amides is 1. The van der Waals surface area contributed by atoms with Gasteiger partial charge in [0.25, 0.3) is 11.9 Å². The van der Waals surface area contributed by atoms with Crippen LogP contribution in [0, 0.1) is 12.8 Å². The maximum absolute atomic E-state index is 12.4. The molecule has 2 aromatic rings. The average molecular weight is 312 g/mol. The predicted octanol–water partition coefficient (Wildman–Crippen LogP) is 2.81. The van der Waals surface area contributed by atoms with Gasteiger partial charge in [0, 0.05) is 30.8 Å². The highest BCUT2D eigenvalue weighted by molar-refractivity contribution is 5.94. The van der Waals surface area contributed by atoms with Gasteiger partial charge >= 0.3 is 0 Å². The summed E-state index contributed by atoms with van der Waals surface area (Å²) in [7, 11) is 0. The van der Waals surface area contributed by atoms with E-state index in [9.17, 15) is 4.79 Å². The zero-order valence-electron chi connectivity index (χ0n) is 13.1. The highest BCUT2D eigenvalue weighted by atomic mass is 16.6. The first kappa shape index (κ1) is 14.3. The minimum atomic E-state index is -0.0101. The molecule has 5 heteroatoms. The van der Waals surface area contributed by atoms with Crippen molar-refractivity contribution in [3.63, 3.8) is 0 Å². The van der Waals surface area contributed by atoms with Crippen LogP contribution < -0.4 is 10.1 Å². The van der Waals surface area contributed by atoms with Crippen LogP contribution in [0.3, 0.4) is 0 Å². The van der Waals surface area contributed by atoms with Crippen LogP contribution in [0.5, 0.6) is 11.7 Å². The van der Waals surface area contributed by atoms with E-state index < -0.39 is 0 Å². The van der Waals surface area contributed by atoms with E-state index in [1.54, 1.807) is 30.5 Å². The topological polar surface area (TPSA) is 54.7 Å². The molecule has 120 valence electrons. The van der Waals surface area contributed by atoms with Gasteiger partial charge < -0.3 is 19.4 Å². The number of hydrogen-bond acceptors (Lipinski definition) is 4. The normalized spacial score (nSPS) is 25.5. The zero-order chi connectivity index (χ0) is 15.8. The smallest absolute Gasteiger partial charge is 0.290 e. The van der Waals surface area contributed by atoms with Crippen LogP contribution in [0.1, 0.15) is 22.3 Å². The fourth-order valence-corrected chi connectivity index (χ4v) is 3.45. The van der Waals surface area contributed by atoms with E-state index >= 15 is 0 Å². The Morgan fingerprint density at radius 2 is 2.13 bits per heavy atom. The maximum Gasteiger partial charge on any atom is 0.290 e. The Balaban J connectivity index is 1.38. The second kappa shape index (κ2) is 5.74. The van der Waals surface area contributed by atoms with Gasteiger partial charge in [-0.15, -0.1) is 0 Å². The molecule has 0 aliphatic carbocycles. The first-order chi connectivity index (χ1) is 11.2. The molecular formula is C18H20N2O3. The minimum absolute atomic E-state index is 0.0101. The van der Waals surface area contributed by atoms with Crippen molar-refractivity contribution in [3.05, 3.63) is 47.7 Å². The number of piperidine rings is 1. The van der Waals surface area contributed by atoms with Crippen LogP contribution >= 0.6 is 0 Å². The summed E-state index contributed by atoms with van der Waals surface area (Å²) in [5, 5.41) is 3.16. The monoisotopic (exact) mass is 312 g/mol. The number of carbonyl (C=O) groups excluding carboxylic acids is 1. The Kier molecular flexibility index (Phi) is 3.58. The van der Waals surface area contributed by atoms with Gasteiger partial charge in [-0.2, -0.15) is 0 Å². The quantitative estimate of drug-likeness (QED) is 0.943. The van der Waals surface area contributed by atoms with E-state index in [0.717, 1.165) is 18.7 Å².